The van der Waals surface area contributed by atoms with Gasteiger partial charge in [0.15, 0.2) is 0 Å². The second-order valence-electron chi connectivity index (χ2n) is 8.38. The number of aliphatic hydroxyl groups is 1. The number of alkyl halides is 3. The number of aliphatic hydroxyl groups excluding tert-OH is 1. The number of hydrogen-bond donors (Lipinski definition) is 1. The van der Waals surface area contributed by atoms with Crippen LogP contribution in [-0.2, 0) is 17.6 Å². The predicted molar refractivity (Wildman–Crippen MR) is 99.6 cm³/mol. The molecular weight excluding hydrogens is 379 g/mol. The van der Waals surface area contributed by atoms with Gasteiger partial charge in [0.25, 0.3) is 5.56 Å². The van der Waals surface area contributed by atoms with E-state index in [1.54, 1.807) is 0 Å². The third kappa shape index (κ3) is 5.55. The van der Waals surface area contributed by atoms with E-state index >= 15 is 0 Å². The first-order chi connectivity index (χ1) is 12.4. The molecule has 0 aliphatic carbocycles. The van der Waals surface area contributed by atoms with Gasteiger partial charge in [-0.1, -0.05) is 26.6 Å². The van der Waals surface area contributed by atoms with Crippen LogP contribution in [0.1, 0.15) is 18.9 Å². The molecule has 2 atom stereocenters. The zero-order chi connectivity index (χ0) is 20.4. The summed E-state index contributed by atoms with van der Waals surface area (Å²) in [6.45, 7) is 8.51. The Kier molecular flexibility index (Phi) is 6.75. The van der Waals surface area contributed by atoms with Gasteiger partial charge >= 0.3 is 6.18 Å². The van der Waals surface area contributed by atoms with Crippen LogP contribution in [0.25, 0.3) is 0 Å². The first-order valence-electron chi connectivity index (χ1n) is 9.06. The average Bonchev–Trinajstić information content (AvgIpc) is 2.91. The summed E-state index contributed by atoms with van der Waals surface area (Å²) in [6.07, 6.45) is -3.19. The molecule has 0 bridgehead atoms. The van der Waals surface area contributed by atoms with E-state index in [4.69, 9.17) is 4.74 Å². The Hall–Kier alpha value is -1.39. The highest BCUT2D eigenvalue weighted by molar-refractivity contribution is 6.76. The quantitative estimate of drug-likeness (QED) is 0.556. The summed E-state index contributed by atoms with van der Waals surface area (Å²) in [4.78, 5) is 13.9. The molecular formula is C17H28F3N3O3Si. The fourth-order valence-electron chi connectivity index (χ4n) is 3.20. The van der Waals surface area contributed by atoms with Crippen molar-refractivity contribution in [3.63, 3.8) is 0 Å². The third-order valence-electron chi connectivity index (χ3n) is 4.66. The first-order valence-corrected chi connectivity index (χ1v) is 12.8. The van der Waals surface area contributed by atoms with Crippen LogP contribution in [0, 0.1) is 5.92 Å². The zero-order valence-electron chi connectivity index (χ0n) is 16.2. The van der Waals surface area contributed by atoms with Gasteiger partial charge in [-0.05, 0) is 18.4 Å². The minimum absolute atomic E-state index is 0.121. The van der Waals surface area contributed by atoms with Gasteiger partial charge in [0.2, 0.25) is 0 Å². The van der Waals surface area contributed by atoms with Gasteiger partial charge in [0, 0.05) is 21.2 Å². The number of aromatic nitrogens is 2. The normalized spacial score (nSPS) is 21.1. The van der Waals surface area contributed by atoms with E-state index < -0.39 is 31.4 Å². The highest BCUT2D eigenvalue weighted by Gasteiger charge is 2.42. The Morgan fingerprint density at radius 1 is 1.37 bits per heavy atom. The zero-order valence-corrected chi connectivity index (χ0v) is 17.2. The van der Waals surface area contributed by atoms with Crippen molar-refractivity contribution in [1.29, 1.82) is 0 Å². The molecule has 1 N–H and O–H groups in total. The van der Waals surface area contributed by atoms with E-state index in [-0.39, 0.29) is 24.9 Å². The lowest BCUT2D eigenvalue weighted by molar-refractivity contribution is -0.138. The molecule has 10 heteroatoms. The van der Waals surface area contributed by atoms with Gasteiger partial charge in [-0.15, -0.1) is 0 Å². The van der Waals surface area contributed by atoms with E-state index in [9.17, 15) is 23.1 Å². The van der Waals surface area contributed by atoms with E-state index in [1.165, 1.54) is 4.90 Å². The highest BCUT2D eigenvalue weighted by atomic mass is 28.3. The van der Waals surface area contributed by atoms with E-state index in [2.05, 4.69) is 24.7 Å². The lowest BCUT2D eigenvalue weighted by Gasteiger charge is -2.27. The van der Waals surface area contributed by atoms with E-state index in [0.29, 0.717) is 24.3 Å². The van der Waals surface area contributed by atoms with Gasteiger partial charge in [-0.25, -0.2) is 4.68 Å². The predicted octanol–water partition coefficient (Wildman–Crippen LogP) is 2.78. The third-order valence-corrected chi connectivity index (χ3v) is 6.37. The molecule has 0 saturated carbocycles. The minimum atomic E-state index is -4.82. The molecule has 0 amide bonds. The molecule has 1 fully saturated rings. The first kappa shape index (κ1) is 21.9. The summed E-state index contributed by atoms with van der Waals surface area (Å²) in [7, 11) is -1.34. The van der Waals surface area contributed by atoms with Crippen LogP contribution in [-0.4, -0.2) is 48.8 Å². The molecule has 0 aromatic carbocycles. The molecule has 0 spiro atoms. The second kappa shape index (κ2) is 8.32. The van der Waals surface area contributed by atoms with Gasteiger partial charge < -0.3 is 14.7 Å². The average molecular weight is 408 g/mol. The maximum absolute atomic E-state index is 13.6. The van der Waals surface area contributed by atoms with Crippen molar-refractivity contribution < 1.29 is 23.0 Å². The summed E-state index contributed by atoms with van der Waals surface area (Å²) >= 11 is 0. The Labute approximate surface area is 157 Å². The van der Waals surface area contributed by atoms with Crippen molar-refractivity contribution in [3.8, 4) is 0 Å². The van der Waals surface area contributed by atoms with Crippen molar-refractivity contribution >= 4 is 13.8 Å². The molecule has 27 heavy (non-hydrogen) atoms. The molecule has 6 nitrogen and oxygen atoms in total. The summed E-state index contributed by atoms with van der Waals surface area (Å²) in [6, 6.07) is 0.390. The number of nitrogens with zero attached hydrogens (tertiary/aromatic N) is 3. The Bertz CT molecular complexity index is 703. The summed E-state index contributed by atoms with van der Waals surface area (Å²) in [5, 5.41) is 13.4. The highest BCUT2D eigenvalue weighted by Crippen LogP contribution is 2.37. The van der Waals surface area contributed by atoms with E-state index in [0.717, 1.165) is 12.2 Å². The molecule has 2 heterocycles. The molecule has 0 unspecified atom stereocenters. The molecule has 2 rings (SSSR count). The van der Waals surface area contributed by atoms with Crippen LogP contribution >= 0.6 is 0 Å². The van der Waals surface area contributed by atoms with Crippen molar-refractivity contribution in [2.24, 2.45) is 5.92 Å². The molecule has 1 aliphatic rings. The molecule has 1 aliphatic heterocycles. The number of rotatable bonds is 7. The smallest absolute Gasteiger partial charge is 0.394 e. The summed E-state index contributed by atoms with van der Waals surface area (Å²) in [5.41, 5.74) is -2.74. The molecule has 1 aromatic heterocycles. The van der Waals surface area contributed by atoms with Crippen LogP contribution in [0.5, 0.6) is 0 Å². The second-order valence-corrected chi connectivity index (χ2v) is 14.0. The number of hydrogen-bond acceptors (Lipinski definition) is 5. The van der Waals surface area contributed by atoms with Crippen LogP contribution in [0.3, 0.4) is 0 Å². The van der Waals surface area contributed by atoms with Gasteiger partial charge in [0.1, 0.15) is 12.3 Å². The molecule has 1 saturated heterocycles. The van der Waals surface area contributed by atoms with Gasteiger partial charge in [-0.3, -0.25) is 4.79 Å². The lowest BCUT2D eigenvalue weighted by atomic mass is 10.1. The largest absolute Gasteiger partial charge is 0.423 e. The van der Waals surface area contributed by atoms with Crippen LogP contribution in [0.4, 0.5) is 18.9 Å². The Morgan fingerprint density at radius 3 is 2.59 bits per heavy atom. The maximum Gasteiger partial charge on any atom is 0.423 e. The maximum atomic E-state index is 13.6. The monoisotopic (exact) mass is 407 g/mol. The summed E-state index contributed by atoms with van der Waals surface area (Å²) in [5.74, 6) is 0.121. The van der Waals surface area contributed by atoms with Gasteiger partial charge in [-0.2, -0.15) is 18.3 Å². The van der Waals surface area contributed by atoms with Crippen LogP contribution in [0.2, 0.25) is 25.7 Å². The molecule has 1 aromatic rings. The Balaban J connectivity index is 2.30. The number of ether oxygens (including phenoxy) is 1. The Morgan fingerprint density at radius 2 is 2.04 bits per heavy atom. The topological polar surface area (TPSA) is 67.6 Å². The number of anilines is 1. The fraction of sp³-hybridized carbons (Fsp3) is 0.765. The van der Waals surface area contributed by atoms with Crippen LogP contribution in [0.15, 0.2) is 11.0 Å². The summed E-state index contributed by atoms with van der Waals surface area (Å²) < 4.78 is 47.0. The lowest BCUT2D eigenvalue weighted by Crippen LogP contribution is -2.39. The fourth-order valence-corrected chi connectivity index (χ4v) is 3.96. The molecule has 154 valence electrons. The minimum Gasteiger partial charge on any atom is -0.394 e. The van der Waals surface area contributed by atoms with Crippen molar-refractivity contribution in [2.45, 2.75) is 58.0 Å². The van der Waals surface area contributed by atoms with Crippen molar-refractivity contribution in [2.75, 3.05) is 24.7 Å². The standard InChI is InChI=1S/C17H28F3N3O3Si/c1-12-7-13(10-24)22(9-12)14-8-21-23(11-26-5-6-27(2,3)4)16(25)15(14)17(18,19)20/h8,12-13,24H,5-7,9-11H2,1-4H3/t12-,13-/m0/s1. The molecule has 0 radical (unpaired) electrons. The van der Waals surface area contributed by atoms with Gasteiger partial charge in [0.05, 0.1) is 24.5 Å². The van der Waals surface area contributed by atoms with Crippen molar-refractivity contribution in [1.82, 2.24) is 9.78 Å². The van der Waals surface area contributed by atoms with Crippen molar-refractivity contribution in [3.05, 3.63) is 22.1 Å². The van der Waals surface area contributed by atoms with E-state index in [1.807, 2.05) is 6.92 Å². The van der Waals surface area contributed by atoms with Crippen LogP contribution < -0.4 is 10.5 Å². The SMILES string of the molecule is C[C@H]1C[C@@H](CO)N(c2cnn(COCC[Si](C)(C)C)c(=O)c2C(F)(F)F)C1. The number of halogens is 3.